The van der Waals surface area contributed by atoms with Crippen molar-refractivity contribution in [2.75, 3.05) is 0 Å². The monoisotopic (exact) mass is 641 g/mol. The molecule has 0 bridgehead atoms. The molecule has 0 atom stereocenters. The molecule has 4 heteroatoms. The number of hydrogen-bond donors (Lipinski definition) is 1. The van der Waals surface area contributed by atoms with Crippen LogP contribution in [0, 0.1) is 0 Å². The van der Waals surface area contributed by atoms with Gasteiger partial charge in [0.2, 0.25) is 0 Å². The lowest BCUT2D eigenvalue weighted by Crippen LogP contribution is -2.28. The Hall–Kier alpha value is -6.52. The third-order valence-electron chi connectivity index (χ3n) is 10.4. The van der Waals surface area contributed by atoms with E-state index in [-0.39, 0.29) is 0 Å². The molecule has 50 heavy (non-hydrogen) atoms. The van der Waals surface area contributed by atoms with Gasteiger partial charge in [-0.15, -0.1) is 0 Å². The number of para-hydroxylation sites is 4. The molecular formula is C46H33N4+. The van der Waals surface area contributed by atoms with Crippen LogP contribution in [0.1, 0.15) is 0 Å². The van der Waals surface area contributed by atoms with Crippen LogP contribution in [0.5, 0.6) is 0 Å². The third-order valence-corrected chi connectivity index (χ3v) is 10.4. The first-order valence-electron chi connectivity index (χ1n) is 17.1. The Morgan fingerprint density at radius 1 is 0.500 bits per heavy atom. The van der Waals surface area contributed by atoms with Gasteiger partial charge in [0.1, 0.15) is 5.82 Å². The van der Waals surface area contributed by atoms with Crippen LogP contribution in [0.3, 0.4) is 0 Å². The van der Waals surface area contributed by atoms with Crippen molar-refractivity contribution < 1.29 is 4.57 Å². The average molecular weight is 642 g/mol. The van der Waals surface area contributed by atoms with E-state index in [2.05, 4.69) is 180 Å². The van der Waals surface area contributed by atoms with E-state index >= 15 is 0 Å². The zero-order valence-corrected chi connectivity index (χ0v) is 27.9. The minimum Gasteiger partial charge on any atom is -0.327 e. The molecule has 0 fully saturated rings. The van der Waals surface area contributed by atoms with Crippen LogP contribution in [-0.2, 0) is 14.1 Å². The Morgan fingerprint density at radius 2 is 1.00 bits per heavy atom. The molecule has 4 nitrogen and oxygen atoms in total. The van der Waals surface area contributed by atoms with Crippen molar-refractivity contribution in [1.82, 2.24) is 14.5 Å². The van der Waals surface area contributed by atoms with Crippen LogP contribution in [0.15, 0.2) is 158 Å². The average Bonchev–Trinajstić information content (AvgIpc) is 3.69. The normalized spacial score (nSPS) is 11.8. The minimum atomic E-state index is 0.979. The number of hydrogen-bond acceptors (Lipinski definition) is 1. The Bertz CT molecular complexity index is 2760. The summed E-state index contributed by atoms with van der Waals surface area (Å²) in [4.78, 5) is 8.56. The number of rotatable bonds is 4. The van der Waals surface area contributed by atoms with E-state index in [0.717, 1.165) is 33.8 Å². The van der Waals surface area contributed by atoms with Crippen molar-refractivity contribution in [1.29, 1.82) is 0 Å². The van der Waals surface area contributed by atoms with Gasteiger partial charge in [-0.3, -0.25) is 0 Å². The van der Waals surface area contributed by atoms with Gasteiger partial charge in [0, 0.05) is 12.6 Å². The second-order valence-corrected chi connectivity index (χ2v) is 13.3. The van der Waals surface area contributed by atoms with Crippen LogP contribution < -0.4 is 4.57 Å². The molecule has 0 unspecified atom stereocenters. The van der Waals surface area contributed by atoms with E-state index in [0.29, 0.717) is 0 Å². The first-order chi connectivity index (χ1) is 24.6. The highest BCUT2D eigenvalue weighted by Gasteiger charge is 2.18. The summed E-state index contributed by atoms with van der Waals surface area (Å²) in [6.45, 7) is 0. The molecule has 8 aromatic carbocycles. The number of aromatic nitrogens is 4. The number of nitrogens with zero attached hydrogens (tertiary/aromatic N) is 3. The van der Waals surface area contributed by atoms with Gasteiger partial charge < -0.3 is 4.57 Å². The van der Waals surface area contributed by atoms with E-state index in [4.69, 9.17) is 4.98 Å². The molecule has 236 valence electrons. The first kappa shape index (κ1) is 28.5. The van der Waals surface area contributed by atoms with Gasteiger partial charge in [0.15, 0.2) is 11.0 Å². The van der Waals surface area contributed by atoms with E-state index < -0.39 is 0 Å². The summed E-state index contributed by atoms with van der Waals surface area (Å²) in [5, 5.41) is 7.32. The zero-order valence-electron chi connectivity index (χ0n) is 27.9. The van der Waals surface area contributed by atoms with Gasteiger partial charge in [-0.1, -0.05) is 91.0 Å². The van der Waals surface area contributed by atoms with Crippen LogP contribution in [0.4, 0.5) is 0 Å². The zero-order chi connectivity index (χ0) is 33.3. The summed E-state index contributed by atoms with van der Waals surface area (Å²) in [7, 11) is 4.21. The number of nitrogens with one attached hydrogen (secondary N) is 1. The molecule has 1 N–H and O–H groups in total. The second kappa shape index (κ2) is 11.0. The third kappa shape index (κ3) is 4.53. The molecule has 0 saturated heterocycles. The van der Waals surface area contributed by atoms with Crippen LogP contribution in [-0.4, -0.2) is 14.5 Å². The number of aromatic amines is 1. The van der Waals surface area contributed by atoms with Gasteiger partial charge in [-0.25, -0.2) is 14.5 Å². The maximum Gasteiger partial charge on any atom is 0.287 e. The summed E-state index contributed by atoms with van der Waals surface area (Å²) in [6.07, 6.45) is 0. The van der Waals surface area contributed by atoms with Crippen molar-refractivity contribution in [3.63, 3.8) is 0 Å². The number of aryl methyl sites for hydroxylation is 2. The number of fused-ring (bicyclic) bond motifs is 5. The van der Waals surface area contributed by atoms with Crippen LogP contribution in [0.2, 0.25) is 0 Å². The van der Waals surface area contributed by atoms with E-state index in [1.165, 1.54) is 65.7 Å². The number of imidazole rings is 2. The van der Waals surface area contributed by atoms with Gasteiger partial charge in [0.05, 0.1) is 23.6 Å². The predicted molar refractivity (Wildman–Crippen MR) is 208 cm³/mol. The lowest BCUT2D eigenvalue weighted by molar-refractivity contribution is -0.633. The Morgan fingerprint density at radius 3 is 1.64 bits per heavy atom. The lowest BCUT2D eigenvalue weighted by atomic mass is 9.89. The summed E-state index contributed by atoms with van der Waals surface area (Å²) in [5.74, 6) is 2.08. The highest BCUT2D eigenvalue weighted by atomic mass is 15.1. The van der Waals surface area contributed by atoms with Gasteiger partial charge in [-0.05, 0) is 121 Å². The molecule has 10 aromatic rings. The van der Waals surface area contributed by atoms with E-state index in [1.54, 1.807) is 0 Å². The minimum absolute atomic E-state index is 0.979. The lowest BCUT2D eigenvalue weighted by Gasteiger charge is -2.15. The van der Waals surface area contributed by atoms with Gasteiger partial charge >= 0.3 is 0 Å². The Balaban J connectivity index is 1.07. The largest absolute Gasteiger partial charge is 0.327 e. The van der Waals surface area contributed by atoms with Gasteiger partial charge in [-0.2, -0.15) is 0 Å². The molecular weight excluding hydrogens is 609 g/mol. The quantitative estimate of drug-likeness (QED) is 0.191. The fourth-order valence-electron chi connectivity index (χ4n) is 7.70. The van der Waals surface area contributed by atoms with E-state index in [9.17, 15) is 0 Å². The summed E-state index contributed by atoms with van der Waals surface area (Å²) in [5.41, 5.74) is 11.6. The summed E-state index contributed by atoms with van der Waals surface area (Å²) < 4.78 is 4.41. The Labute approximate surface area is 289 Å². The summed E-state index contributed by atoms with van der Waals surface area (Å²) >= 11 is 0. The molecule has 0 spiro atoms. The molecule has 0 aliphatic rings. The molecule has 10 rings (SSSR count). The van der Waals surface area contributed by atoms with Crippen LogP contribution >= 0.6 is 0 Å². The topological polar surface area (TPSA) is 37.5 Å². The smallest absolute Gasteiger partial charge is 0.287 e. The SMILES string of the molecule is Cn1c(-c2ccc3cc(-c4cc5ccccc5cc4-c4ccc5cc(-c6[nH]c7ccccc7[n+]6C)ccc5c4)ccc3c2)nc2ccccc21. The molecule has 2 aromatic heterocycles. The van der Waals surface area contributed by atoms with Crippen LogP contribution in [0.25, 0.3) is 99.4 Å². The summed E-state index contributed by atoms with van der Waals surface area (Å²) in [6, 6.07) is 57.3. The molecule has 0 saturated carbocycles. The van der Waals surface area contributed by atoms with Crippen molar-refractivity contribution in [2.45, 2.75) is 0 Å². The first-order valence-corrected chi connectivity index (χ1v) is 17.1. The predicted octanol–water partition coefficient (Wildman–Crippen LogP) is 11.0. The van der Waals surface area contributed by atoms with Crippen molar-refractivity contribution >= 4 is 54.4 Å². The molecule has 2 heterocycles. The standard InChI is InChI=1S/C46H32N4/c1-49-43-13-7-5-11-41(43)47-45(49)37-21-17-31-23-35(19-15-33(31)25-37)39-27-29-9-3-4-10-30(29)28-40(39)36-20-16-34-26-38(22-18-32(34)24-36)46-48-42-12-6-8-14-44(42)50(46)2/h3-28H,1-2H3/p+1. The highest BCUT2D eigenvalue weighted by Crippen LogP contribution is 2.39. The fraction of sp³-hybridized carbons (Fsp3) is 0.0435. The van der Waals surface area contributed by atoms with Gasteiger partial charge in [0.25, 0.3) is 5.82 Å². The van der Waals surface area contributed by atoms with Crippen molar-refractivity contribution in [3.8, 4) is 45.0 Å². The fourth-order valence-corrected chi connectivity index (χ4v) is 7.70. The van der Waals surface area contributed by atoms with Crippen molar-refractivity contribution in [3.05, 3.63) is 158 Å². The second-order valence-electron chi connectivity index (χ2n) is 13.3. The van der Waals surface area contributed by atoms with E-state index in [1.807, 2.05) is 6.07 Å². The number of benzene rings is 8. The molecule has 0 aliphatic carbocycles. The maximum absolute atomic E-state index is 4.94. The molecule has 0 amide bonds. The molecule has 0 radical (unpaired) electrons. The highest BCUT2D eigenvalue weighted by molar-refractivity contribution is 6.01. The maximum atomic E-state index is 4.94. The molecule has 0 aliphatic heterocycles. The Kier molecular flexibility index (Phi) is 6.27. The number of H-pyrrole nitrogens is 1. The van der Waals surface area contributed by atoms with Crippen molar-refractivity contribution in [2.24, 2.45) is 14.1 Å².